The Labute approximate surface area is 200 Å². The van der Waals surface area contributed by atoms with Crippen LogP contribution in [-0.4, -0.2) is 35.4 Å². The number of hydrogen-bond acceptors (Lipinski definition) is 3. The van der Waals surface area contributed by atoms with Crippen LogP contribution in [0.5, 0.6) is 5.75 Å². The summed E-state index contributed by atoms with van der Waals surface area (Å²) in [5.41, 5.74) is 0.828. The molecule has 2 aromatic carbocycles. The molecule has 0 bridgehead atoms. The molecule has 0 spiro atoms. The molecule has 32 heavy (non-hydrogen) atoms. The highest BCUT2D eigenvalue weighted by atomic mass is 35.5. The van der Waals surface area contributed by atoms with Crippen molar-refractivity contribution in [2.45, 2.75) is 64.1 Å². The van der Waals surface area contributed by atoms with Crippen LogP contribution < -0.4 is 10.1 Å². The predicted molar refractivity (Wildman–Crippen MR) is 128 cm³/mol. The third-order valence-corrected chi connectivity index (χ3v) is 6.49. The lowest BCUT2D eigenvalue weighted by atomic mass is 10.1. The van der Waals surface area contributed by atoms with E-state index in [1.54, 1.807) is 24.0 Å². The Morgan fingerprint density at radius 1 is 1.09 bits per heavy atom. The van der Waals surface area contributed by atoms with E-state index >= 15 is 0 Å². The number of nitrogens with one attached hydrogen (secondary N) is 1. The number of nitrogens with zero attached hydrogens (tertiary/aromatic N) is 1. The molecule has 1 fully saturated rings. The first-order valence-electron chi connectivity index (χ1n) is 11.2. The number of rotatable bonds is 10. The van der Waals surface area contributed by atoms with Crippen LogP contribution in [0, 0.1) is 0 Å². The number of para-hydroxylation sites is 1. The molecular weight excluding hydrogens is 447 g/mol. The summed E-state index contributed by atoms with van der Waals surface area (Å²) < 4.78 is 5.70. The van der Waals surface area contributed by atoms with Crippen molar-refractivity contribution >= 4 is 35.0 Å². The van der Waals surface area contributed by atoms with Gasteiger partial charge in [-0.2, -0.15) is 0 Å². The second-order valence-corrected chi connectivity index (χ2v) is 9.02. The topological polar surface area (TPSA) is 58.6 Å². The summed E-state index contributed by atoms with van der Waals surface area (Å²) in [4.78, 5) is 27.6. The quantitative estimate of drug-likeness (QED) is 0.452. The standard InChI is InChI=1S/C25H30Cl2N2O3/c1-18(25(31)28-20-8-5-6-9-20)29(17-19-13-14-22(26)23(27)16-19)24(30)12-7-15-32-21-10-3-2-4-11-21/h2-4,10-11,13-14,16,18,20H,5-9,12,15,17H2,1H3,(H,28,31). The summed E-state index contributed by atoms with van der Waals surface area (Å²) in [7, 11) is 0. The molecule has 0 saturated heterocycles. The van der Waals surface area contributed by atoms with Crippen LogP contribution in [0.25, 0.3) is 0 Å². The second-order valence-electron chi connectivity index (χ2n) is 8.20. The third kappa shape index (κ3) is 7.14. The van der Waals surface area contributed by atoms with Gasteiger partial charge in [-0.25, -0.2) is 0 Å². The number of ether oxygens (including phenoxy) is 1. The monoisotopic (exact) mass is 476 g/mol. The van der Waals surface area contributed by atoms with Gasteiger partial charge in [-0.05, 0) is 56.0 Å². The largest absolute Gasteiger partial charge is 0.494 e. The summed E-state index contributed by atoms with van der Waals surface area (Å²) in [6.07, 6.45) is 5.10. The molecule has 3 rings (SSSR count). The van der Waals surface area contributed by atoms with E-state index in [1.165, 1.54) is 0 Å². The van der Waals surface area contributed by atoms with Gasteiger partial charge in [-0.3, -0.25) is 9.59 Å². The van der Waals surface area contributed by atoms with Crippen molar-refractivity contribution < 1.29 is 14.3 Å². The van der Waals surface area contributed by atoms with Gasteiger partial charge in [0.1, 0.15) is 11.8 Å². The average molecular weight is 477 g/mol. The smallest absolute Gasteiger partial charge is 0.242 e. The predicted octanol–water partition coefficient (Wildman–Crippen LogP) is 5.63. The Morgan fingerprint density at radius 2 is 1.81 bits per heavy atom. The number of carbonyl (C=O) groups is 2. The van der Waals surface area contributed by atoms with Crippen LogP contribution >= 0.6 is 23.2 Å². The highest BCUT2D eigenvalue weighted by molar-refractivity contribution is 6.42. The minimum absolute atomic E-state index is 0.0955. The van der Waals surface area contributed by atoms with Crippen LogP contribution in [0.2, 0.25) is 10.0 Å². The Bertz CT molecular complexity index is 901. The van der Waals surface area contributed by atoms with Crippen LogP contribution in [0.4, 0.5) is 0 Å². The number of carbonyl (C=O) groups excluding carboxylic acids is 2. The Morgan fingerprint density at radius 3 is 2.50 bits per heavy atom. The minimum Gasteiger partial charge on any atom is -0.494 e. The van der Waals surface area contributed by atoms with E-state index in [0.717, 1.165) is 37.0 Å². The van der Waals surface area contributed by atoms with E-state index in [4.69, 9.17) is 27.9 Å². The van der Waals surface area contributed by atoms with Gasteiger partial charge in [-0.15, -0.1) is 0 Å². The first kappa shape index (κ1) is 24.4. The number of hydrogen-bond donors (Lipinski definition) is 1. The minimum atomic E-state index is -0.590. The van der Waals surface area contributed by atoms with Crippen molar-refractivity contribution in [1.29, 1.82) is 0 Å². The van der Waals surface area contributed by atoms with Crippen molar-refractivity contribution in [3.05, 3.63) is 64.1 Å². The maximum absolute atomic E-state index is 13.1. The van der Waals surface area contributed by atoms with Gasteiger partial charge in [0.25, 0.3) is 0 Å². The summed E-state index contributed by atoms with van der Waals surface area (Å²) in [5.74, 6) is 0.560. The van der Waals surface area contributed by atoms with Gasteiger partial charge in [-0.1, -0.05) is 60.3 Å². The number of amides is 2. The molecule has 1 aliphatic rings. The fourth-order valence-electron chi connectivity index (χ4n) is 3.88. The van der Waals surface area contributed by atoms with Crippen LogP contribution in [-0.2, 0) is 16.1 Å². The zero-order valence-corrected chi connectivity index (χ0v) is 19.9. The van der Waals surface area contributed by atoms with Gasteiger partial charge in [0, 0.05) is 19.0 Å². The van der Waals surface area contributed by atoms with Crippen molar-refractivity contribution in [1.82, 2.24) is 10.2 Å². The zero-order chi connectivity index (χ0) is 22.9. The lowest BCUT2D eigenvalue weighted by Crippen LogP contribution is -2.49. The van der Waals surface area contributed by atoms with E-state index in [2.05, 4.69) is 5.32 Å². The molecule has 5 nitrogen and oxygen atoms in total. The van der Waals surface area contributed by atoms with E-state index in [9.17, 15) is 9.59 Å². The molecule has 1 unspecified atom stereocenters. The molecule has 1 atom stereocenters. The maximum Gasteiger partial charge on any atom is 0.242 e. The third-order valence-electron chi connectivity index (χ3n) is 5.75. The molecule has 0 aliphatic heterocycles. The van der Waals surface area contributed by atoms with Gasteiger partial charge in [0.15, 0.2) is 0 Å². The molecule has 7 heteroatoms. The fourth-order valence-corrected chi connectivity index (χ4v) is 4.20. The molecule has 2 amide bonds. The van der Waals surface area contributed by atoms with E-state index in [-0.39, 0.29) is 30.8 Å². The number of halogens is 2. The highest BCUT2D eigenvalue weighted by Gasteiger charge is 2.28. The van der Waals surface area contributed by atoms with Crippen LogP contribution in [0.1, 0.15) is 51.0 Å². The molecule has 2 aromatic rings. The first-order valence-corrected chi connectivity index (χ1v) is 11.9. The van der Waals surface area contributed by atoms with Gasteiger partial charge < -0.3 is 15.0 Å². The molecule has 0 radical (unpaired) electrons. The SMILES string of the molecule is CC(C(=O)NC1CCCC1)N(Cc1ccc(Cl)c(Cl)c1)C(=O)CCCOc1ccccc1. The lowest BCUT2D eigenvalue weighted by Gasteiger charge is -2.30. The lowest BCUT2D eigenvalue weighted by molar-refractivity contribution is -0.141. The van der Waals surface area contributed by atoms with Gasteiger partial charge >= 0.3 is 0 Å². The maximum atomic E-state index is 13.1. The van der Waals surface area contributed by atoms with Crippen molar-refractivity contribution in [2.75, 3.05) is 6.61 Å². The van der Waals surface area contributed by atoms with Crippen LogP contribution in [0.15, 0.2) is 48.5 Å². The second kappa shape index (κ2) is 12.1. The van der Waals surface area contributed by atoms with Gasteiger partial charge in [0.05, 0.1) is 16.7 Å². The molecule has 172 valence electrons. The molecule has 1 aliphatic carbocycles. The normalized spacial score (nSPS) is 14.7. The molecule has 1 saturated carbocycles. The fraction of sp³-hybridized carbons (Fsp3) is 0.440. The average Bonchev–Trinajstić information content (AvgIpc) is 3.30. The summed E-state index contributed by atoms with van der Waals surface area (Å²) in [6.45, 7) is 2.49. The van der Waals surface area contributed by atoms with E-state index in [1.807, 2.05) is 36.4 Å². The highest BCUT2D eigenvalue weighted by Crippen LogP contribution is 2.24. The summed E-state index contributed by atoms with van der Waals surface area (Å²) in [5, 5.41) is 3.99. The van der Waals surface area contributed by atoms with Gasteiger partial charge in [0.2, 0.25) is 11.8 Å². The summed E-state index contributed by atoms with van der Waals surface area (Å²) >= 11 is 12.2. The zero-order valence-electron chi connectivity index (χ0n) is 18.4. The van der Waals surface area contributed by atoms with Crippen LogP contribution in [0.3, 0.4) is 0 Å². The van der Waals surface area contributed by atoms with Crippen molar-refractivity contribution in [3.8, 4) is 5.75 Å². The van der Waals surface area contributed by atoms with Crippen molar-refractivity contribution in [3.63, 3.8) is 0 Å². The Balaban J connectivity index is 1.63. The first-order chi connectivity index (χ1) is 15.4. The molecule has 0 aromatic heterocycles. The Hall–Kier alpha value is -2.24. The van der Waals surface area contributed by atoms with Crippen molar-refractivity contribution in [2.24, 2.45) is 0 Å². The summed E-state index contributed by atoms with van der Waals surface area (Å²) in [6, 6.07) is 14.4. The molecule has 0 heterocycles. The number of benzene rings is 2. The molecule has 1 N–H and O–H groups in total. The Kier molecular flexibility index (Phi) is 9.24. The molecular formula is C25H30Cl2N2O3. The van der Waals surface area contributed by atoms with E-state index < -0.39 is 6.04 Å². The van der Waals surface area contributed by atoms with E-state index in [0.29, 0.717) is 23.1 Å².